The quantitative estimate of drug-likeness (QED) is 0.603. The van der Waals surface area contributed by atoms with Crippen molar-refractivity contribution in [3.63, 3.8) is 0 Å². The van der Waals surface area contributed by atoms with Crippen LogP contribution in [0.15, 0.2) is 0 Å². The lowest BCUT2D eigenvalue weighted by Gasteiger charge is -2.48. The number of nitrogens with two attached hydrogens (primary N) is 1. The van der Waals surface area contributed by atoms with Gasteiger partial charge in [-0.05, 0) is 19.3 Å². The van der Waals surface area contributed by atoms with Gasteiger partial charge in [-0.1, -0.05) is 13.8 Å². The number of rotatable bonds is 2. The fourth-order valence-electron chi connectivity index (χ4n) is 1.38. The predicted molar refractivity (Wildman–Crippen MR) is 41.6 cm³/mol. The Morgan fingerprint density at radius 1 is 1.50 bits per heavy atom. The zero-order valence-electron chi connectivity index (χ0n) is 6.85. The molecule has 3 N–H and O–H groups in total. The average Bonchev–Trinajstić information content (AvgIpc) is 1.82. The molecule has 0 unspecified atom stereocenters. The van der Waals surface area contributed by atoms with Crippen LogP contribution in [-0.2, 0) is 0 Å². The van der Waals surface area contributed by atoms with E-state index < -0.39 is 5.60 Å². The van der Waals surface area contributed by atoms with E-state index in [9.17, 15) is 5.11 Å². The summed E-state index contributed by atoms with van der Waals surface area (Å²) in [5, 5.41) is 9.86. The van der Waals surface area contributed by atoms with Gasteiger partial charge in [-0.2, -0.15) is 0 Å². The van der Waals surface area contributed by atoms with Crippen LogP contribution < -0.4 is 5.73 Å². The SMILES string of the molecule is CC(C)(CN)C1(O)CCC1. The summed E-state index contributed by atoms with van der Waals surface area (Å²) in [7, 11) is 0. The van der Waals surface area contributed by atoms with E-state index in [1.165, 1.54) is 0 Å². The molecule has 0 atom stereocenters. The predicted octanol–water partition coefficient (Wildman–Crippen LogP) is 0.886. The van der Waals surface area contributed by atoms with Crippen LogP contribution in [0.2, 0.25) is 0 Å². The molecule has 1 aliphatic carbocycles. The lowest BCUT2D eigenvalue weighted by molar-refractivity contribution is -0.121. The first kappa shape index (κ1) is 8.02. The third-order valence-electron chi connectivity index (χ3n) is 2.95. The highest BCUT2D eigenvalue weighted by atomic mass is 16.3. The molecule has 0 heterocycles. The zero-order chi connectivity index (χ0) is 7.83. The molecule has 0 amide bonds. The Morgan fingerprint density at radius 2 is 2.00 bits per heavy atom. The van der Waals surface area contributed by atoms with Gasteiger partial charge in [0.1, 0.15) is 0 Å². The molecule has 2 nitrogen and oxygen atoms in total. The maximum Gasteiger partial charge on any atom is 0.0710 e. The van der Waals surface area contributed by atoms with Crippen molar-refractivity contribution in [3.05, 3.63) is 0 Å². The molecule has 0 aliphatic heterocycles. The van der Waals surface area contributed by atoms with Crippen molar-refractivity contribution in [2.45, 2.75) is 38.7 Å². The monoisotopic (exact) mass is 143 g/mol. The minimum absolute atomic E-state index is 0.0920. The highest BCUT2D eigenvalue weighted by Crippen LogP contribution is 2.44. The van der Waals surface area contributed by atoms with Crippen LogP contribution in [0.4, 0.5) is 0 Å². The Labute approximate surface area is 62.4 Å². The lowest BCUT2D eigenvalue weighted by atomic mass is 9.63. The third kappa shape index (κ3) is 0.956. The second-order valence-corrected chi connectivity index (χ2v) is 3.97. The van der Waals surface area contributed by atoms with Gasteiger partial charge in [0.05, 0.1) is 5.60 Å². The van der Waals surface area contributed by atoms with Crippen molar-refractivity contribution in [1.29, 1.82) is 0 Å². The summed E-state index contributed by atoms with van der Waals surface area (Å²) < 4.78 is 0. The molecule has 1 aliphatic rings. The molecule has 0 aromatic heterocycles. The second kappa shape index (κ2) is 2.21. The van der Waals surface area contributed by atoms with E-state index in [0.717, 1.165) is 19.3 Å². The summed E-state index contributed by atoms with van der Waals surface area (Å²) in [4.78, 5) is 0. The zero-order valence-corrected chi connectivity index (χ0v) is 6.85. The first-order chi connectivity index (χ1) is 4.52. The molecule has 0 saturated heterocycles. The summed E-state index contributed by atoms with van der Waals surface area (Å²) >= 11 is 0. The van der Waals surface area contributed by atoms with Crippen LogP contribution >= 0.6 is 0 Å². The molecule has 0 radical (unpaired) electrons. The average molecular weight is 143 g/mol. The smallest absolute Gasteiger partial charge is 0.0710 e. The van der Waals surface area contributed by atoms with Crippen LogP contribution in [-0.4, -0.2) is 17.3 Å². The van der Waals surface area contributed by atoms with E-state index in [2.05, 4.69) is 0 Å². The summed E-state index contributed by atoms with van der Waals surface area (Å²) in [6, 6.07) is 0. The molecular formula is C8H17NO. The van der Waals surface area contributed by atoms with Crippen molar-refractivity contribution in [2.75, 3.05) is 6.54 Å². The van der Waals surface area contributed by atoms with Gasteiger partial charge in [0.2, 0.25) is 0 Å². The normalized spacial score (nSPS) is 24.0. The van der Waals surface area contributed by atoms with Crippen molar-refractivity contribution >= 4 is 0 Å². The lowest BCUT2D eigenvalue weighted by Crippen LogP contribution is -2.53. The van der Waals surface area contributed by atoms with E-state index in [1.54, 1.807) is 0 Å². The fraction of sp³-hybridized carbons (Fsp3) is 1.00. The molecule has 0 aromatic carbocycles. The molecule has 0 aromatic rings. The Kier molecular flexibility index (Phi) is 1.77. The van der Waals surface area contributed by atoms with Gasteiger partial charge in [0.15, 0.2) is 0 Å². The van der Waals surface area contributed by atoms with Crippen LogP contribution in [0.25, 0.3) is 0 Å². The van der Waals surface area contributed by atoms with E-state index in [1.807, 2.05) is 13.8 Å². The standard InChI is InChI=1S/C8H17NO/c1-7(2,6-9)8(10)4-3-5-8/h10H,3-6,9H2,1-2H3. The van der Waals surface area contributed by atoms with E-state index in [0.29, 0.717) is 6.54 Å². The van der Waals surface area contributed by atoms with Crippen LogP contribution in [0, 0.1) is 5.41 Å². The largest absolute Gasteiger partial charge is 0.389 e. The topological polar surface area (TPSA) is 46.2 Å². The van der Waals surface area contributed by atoms with Gasteiger partial charge in [0.25, 0.3) is 0 Å². The molecule has 2 heteroatoms. The third-order valence-corrected chi connectivity index (χ3v) is 2.95. The van der Waals surface area contributed by atoms with Crippen LogP contribution in [0.5, 0.6) is 0 Å². The first-order valence-corrected chi connectivity index (χ1v) is 3.94. The number of aliphatic hydroxyl groups is 1. The van der Waals surface area contributed by atoms with Gasteiger partial charge < -0.3 is 10.8 Å². The Morgan fingerprint density at radius 3 is 2.10 bits per heavy atom. The Balaban J connectivity index is 2.61. The Bertz CT molecular complexity index is 118. The minimum atomic E-state index is -0.457. The van der Waals surface area contributed by atoms with Crippen molar-refractivity contribution in [3.8, 4) is 0 Å². The van der Waals surface area contributed by atoms with Crippen molar-refractivity contribution in [1.82, 2.24) is 0 Å². The first-order valence-electron chi connectivity index (χ1n) is 3.94. The summed E-state index contributed by atoms with van der Waals surface area (Å²) in [6.45, 7) is 4.64. The highest BCUT2D eigenvalue weighted by Gasteiger charge is 2.46. The molecule has 60 valence electrons. The maximum absolute atomic E-state index is 9.86. The minimum Gasteiger partial charge on any atom is -0.389 e. The highest BCUT2D eigenvalue weighted by molar-refractivity contribution is 4.99. The van der Waals surface area contributed by atoms with E-state index in [4.69, 9.17) is 5.73 Å². The van der Waals surface area contributed by atoms with Crippen LogP contribution in [0.1, 0.15) is 33.1 Å². The van der Waals surface area contributed by atoms with Gasteiger partial charge in [0, 0.05) is 12.0 Å². The molecule has 1 fully saturated rings. The molecule has 0 spiro atoms. The molecule has 10 heavy (non-hydrogen) atoms. The van der Waals surface area contributed by atoms with Crippen molar-refractivity contribution in [2.24, 2.45) is 11.1 Å². The number of hydrogen-bond donors (Lipinski definition) is 2. The fourth-order valence-corrected chi connectivity index (χ4v) is 1.38. The molecule has 0 bridgehead atoms. The van der Waals surface area contributed by atoms with Gasteiger partial charge in [-0.25, -0.2) is 0 Å². The Hall–Kier alpha value is -0.0800. The van der Waals surface area contributed by atoms with Crippen molar-refractivity contribution < 1.29 is 5.11 Å². The summed E-state index contributed by atoms with van der Waals surface area (Å²) in [5.74, 6) is 0. The van der Waals surface area contributed by atoms with E-state index >= 15 is 0 Å². The summed E-state index contributed by atoms with van der Waals surface area (Å²) in [5.41, 5.74) is 4.99. The second-order valence-electron chi connectivity index (χ2n) is 3.97. The summed E-state index contributed by atoms with van der Waals surface area (Å²) in [6.07, 6.45) is 3.01. The van der Waals surface area contributed by atoms with Gasteiger partial charge in [-0.3, -0.25) is 0 Å². The van der Waals surface area contributed by atoms with E-state index in [-0.39, 0.29) is 5.41 Å². The molecule has 1 rings (SSSR count). The van der Waals surface area contributed by atoms with Gasteiger partial charge in [-0.15, -0.1) is 0 Å². The molecular weight excluding hydrogens is 126 g/mol. The maximum atomic E-state index is 9.86. The molecule has 1 saturated carbocycles. The van der Waals surface area contributed by atoms with Crippen LogP contribution in [0.3, 0.4) is 0 Å². The van der Waals surface area contributed by atoms with Gasteiger partial charge >= 0.3 is 0 Å². The number of hydrogen-bond acceptors (Lipinski definition) is 2.